The van der Waals surface area contributed by atoms with Crippen LogP contribution in [0.15, 0.2) is 24.3 Å². The Morgan fingerprint density at radius 3 is 2.53 bits per heavy atom. The molecule has 90 valence electrons. The minimum absolute atomic E-state index is 0.0645. The molecule has 17 heavy (non-hydrogen) atoms. The van der Waals surface area contributed by atoms with Gasteiger partial charge in [-0.1, -0.05) is 23.7 Å². The third-order valence-electron chi connectivity index (χ3n) is 3.08. The van der Waals surface area contributed by atoms with Gasteiger partial charge in [-0.15, -0.1) is 0 Å². The molecule has 1 aliphatic rings. The molecule has 0 aromatic heterocycles. The quantitative estimate of drug-likeness (QED) is 0.889. The van der Waals surface area contributed by atoms with Crippen LogP contribution >= 0.6 is 11.6 Å². The molecular formula is C13H16ClN3. The lowest BCUT2D eigenvalue weighted by molar-refractivity contribution is 0.237. The van der Waals surface area contributed by atoms with Crippen molar-refractivity contribution < 1.29 is 0 Å². The first-order chi connectivity index (χ1) is 8.29. The molecular weight excluding hydrogens is 234 g/mol. The van der Waals surface area contributed by atoms with Crippen molar-refractivity contribution in [2.24, 2.45) is 0 Å². The van der Waals surface area contributed by atoms with Crippen LogP contribution in [-0.2, 0) is 0 Å². The molecule has 1 saturated heterocycles. The van der Waals surface area contributed by atoms with Crippen LogP contribution in [0.2, 0.25) is 5.02 Å². The van der Waals surface area contributed by atoms with Gasteiger partial charge in [0.05, 0.1) is 12.0 Å². The van der Waals surface area contributed by atoms with Crippen LogP contribution in [-0.4, -0.2) is 37.6 Å². The molecule has 0 spiro atoms. The van der Waals surface area contributed by atoms with E-state index in [-0.39, 0.29) is 5.92 Å². The van der Waals surface area contributed by atoms with Crippen LogP contribution < -0.4 is 5.32 Å². The molecule has 1 fully saturated rings. The van der Waals surface area contributed by atoms with Crippen molar-refractivity contribution in [1.29, 1.82) is 5.26 Å². The molecule has 3 nitrogen and oxygen atoms in total. The van der Waals surface area contributed by atoms with Gasteiger partial charge >= 0.3 is 0 Å². The zero-order chi connectivity index (χ0) is 12.1. The van der Waals surface area contributed by atoms with Crippen molar-refractivity contribution in [3.63, 3.8) is 0 Å². The van der Waals surface area contributed by atoms with Gasteiger partial charge in [0.1, 0.15) is 0 Å². The molecule has 1 aromatic rings. The largest absolute Gasteiger partial charge is 0.314 e. The second-order valence-corrected chi connectivity index (χ2v) is 4.72. The van der Waals surface area contributed by atoms with E-state index in [0.717, 1.165) is 38.3 Å². The van der Waals surface area contributed by atoms with Crippen LogP contribution in [0.5, 0.6) is 0 Å². The molecule has 1 N–H and O–H groups in total. The van der Waals surface area contributed by atoms with E-state index in [9.17, 15) is 5.26 Å². The van der Waals surface area contributed by atoms with E-state index in [1.165, 1.54) is 0 Å². The molecule has 1 heterocycles. The van der Waals surface area contributed by atoms with Crippen molar-refractivity contribution in [2.75, 3.05) is 32.7 Å². The Balaban J connectivity index is 2.01. The maximum Gasteiger partial charge on any atom is 0.0839 e. The summed E-state index contributed by atoms with van der Waals surface area (Å²) in [5.41, 5.74) is 1.05. The van der Waals surface area contributed by atoms with Gasteiger partial charge in [0.2, 0.25) is 0 Å². The monoisotopic (exact) mass is 249 g/mol. The summed E-state index contributed by atoms with van der Waals surface area (Å²) >= 11 is 5.85. The first-order valence-corrected chi connectivity index (χ1v) is 6.25. The van der Waals surface area contributed by atoms with Crippen molar-refractivity contribution in [2.45, 2.75) is 5.92 Å². The van der Waals surface area contributed by atoms with E-state index in [0.29, 0.717) is 5.02 Å². The van der Waals surface area contributed by atoms with Crippen molar-refractivity contribution >= 4 is 11.6 Å². The van der Waals surface area contributed by atoms with Crippen molar-refractivity contribution in [3.05, 3.63) is 34.9 Å². The first kappa shape index (κ1) is 12.4. The van der Waals surface area contributed by atoms with Crippen LogP contribution in [0.1, 0.15) is 11.5 Å². The lowest BCUT2D eigenvalue weighted by Crippen LogP contribution is -2.44. The second kappa shape index (κ2) is 6.02. The highest BCUT2D eigenvalue weighted by Gasteiger charge is 2.17. The molecule has 0 radical (unpaired) electrons. The fraction of sp³-hybridized carbons (Fsp3) is 0.462. The molecule has 1 aromatic carbocycles. The van der Waals surface area contributed by atoms with Crippen molar-refractivity contribution in [1.82, 2.24) is 10.2 Å². The summed E-state index contributed by atoms with van der Waals surface area (Å²) in [6.07, 6.45) is 0. The topological polar surface area (TPSA) is 39.1 Å². The van der Waals surface area contributed by atoms with Gasteiger partial charge in [0.15, 0.2) is 0 Å². The number of hydrogen-bond donors (Lipinski definition) is 1. The molecule has 1 aliphatic heterocycles. The lowest BCUT2D eigenvalue weighted by atomic mass is 10.00. The Labute approximate surface area is 107 Å². The van der Waals surface area contributed by atoms with Gasteiger partial charge in [0, 0.05) is 37.7 Å². The average Bonchev–Trinajstić information content (AvgIpc) is 2.38. The predicted octanol–water partition coefficient (Wildman–Crippen LogP) is 1.85. The average molecular weight is 250 g/mol. The Bertz CT molecular complexity index is 390. The smallest absolute Gasteiger partial charge is 0.0839 e. The number of halogens is 1. The van der Waals surface area contributed by atoms with Gasteiger partial charge in [-0.25, -0.2) is 0 Å². The highest BCUT2D eigenvalue weighted by atomic mass is 35.5. The van der Waals surface area contributed by atoms with Crippen LogP contribution in [0, 0.1) is 11.3 Å². The number of hydrogen-bond acceptors (Lipinski definition) is 3. The van der Waals surface area contributed by atoms with Crippen LogP contribution in [0.25, 0.3) is 0 Å². The minimum atomic E-state index is -0.0645. The Kier molecular flexibility index (Phi) is 4.38. The number of rotatable bonds is 3. The minimum Gasteiger partial charge on any atom is -0.314 e. The zero-order valence-corrected chi connectivity index (χ0v) is 10.5. The van der Waals surface area contributed by atoms with Gasteiger partial charge in [-0.2, -0.15) is 5.26 Å². The number of nitrogens with one attached hydrogen (secondary N) is 1. The molecule has 4 heteroatoms. The lowest BCUT2D eigenvalue weighted by Gasteiger charge is -2.28. The van der Waals surface area contributed by atoms with Crippen LogP contribution in [0.3, 0.4) is 0 Å². The van der Waals surface area contributed by atoms with Gasteiger partial charge in [-0.05, 0) is 17.7 Å². The summed E-state index contributed by atoms with van der Waals surface area (Å²) in [5.74, 6) is -0.0645. The number of benzene rings is 1. The Morgan fingerprint density at radius 1 is 1.29 bits per heavy atom. The van der Waals surface area contributed by atoms with E-state index in [2.05, 4.69) is 16.3 Å². The Morgan fingerprint density at radius 2 is 1.94 bits per heavy atom. The molecule has 1 unspecified atom stereocenters. The zero-order valence-electron chi connectivity index (χ0n) is 9.69. The standard InChI is InChI=1S/C13H16ClN3/c14-13-3-1-11(2-4-13)12(9-15)10-17-7-5-16-6-8-17/h1-4,12,16H,5-8,10H2. The van der Waals surface area contributed by atoms with E-state index < -0.39 is 0 Å². The molecule has 1 atom stereocenters. The maximum absolute atomic E-state index is 9.25. The van der Waals surface area contributed by atoms with E-state index in [4.69, 9.17) is 11.6 Å². The van der Waals surface area contributed by atoms with E-state index in [1.807, 2.05) is 24.3 Å². The highest BCUT2D eigenvalue weighted by Crippen LogP contribution is 2.19. The highest BCUT2D eigenvalue weighted by molar-refractivity contribution is 6.30. The third kappa shape index (κ3) is 3.44. The number of nitriles is 1. The van der Waals surface area contributed by atoms with Crippen LogP contribution in [0.4, 0.5) is 0 Å². The van der Waals surface area contributed by atoms with E-state index >= 15 is 0 Å². The molecule has 0 saturated carbocycles. The fourth-order valence-corrected chi connectivity index (χ4v) is 2.19. The normalized spacial score (nSPS) is 18.6. The number of nitrogens with zero attached hydrogens (tertiary/aromatic N) is 2. The summed E-state index contributed by atoms with van der Waals surface area (Å²) in [4.78, 5) is 2.33. The summed E-state index contributed by atoms with van der Waals surface area (Å²) in [6, 6.07) is 9.96. The predicted molar refractivity (Wildman–Crippen MR) is 69.1 cm³/mol. The second-order valence-electron chi connectivity index (χ2n) is 4.28. The fourth-order valence-electron chi connectivity index (χ4n) is 2.07. The molecule has 0 aliphatic carbocycles. The molecule has 0 bridgehead atoms. The van der Waals surface area contributed by atoms with Crippen molar-refractivity contribution in [3.8, 4) is 6.07 Å². The Hall–Kier alpha value is -1.08. The van der Waals surface area contributed by atoms with Gasteiger partial charge < -0.3 is 5.32 Å². The number of piperazine rings is 1. The summed E-state index contributed by atoms with van der Waals surface area (Å²) in [5, 5.41) is 13.3. The summed E-state index contributed by atoms with van der Waals surface area (Å²) in [6.45, 7) is 4.87. The van der Waals surface area contributed by atoms with Gasteiger partial charge in [-0.3, -0.25) is 4.90 Å². The third-order valence-corrected chi connectivity index (χ3v) is 3.33. The van der Waals surface area contributed by atoms with Gasteiger partial charge in [0.25, 0.3) is 0 Å². The SMILES string of the molecule is N#CC(CN1CCNCC1)c1ccc(Cl)cc1. The molecule has 2 rings (SSSR count). The summed E-state index contributed by atoms with van der Waals surface area (Å²) < 4.78 is 0. The molecule has 0 amide bonds. The van der Waals surface area contributed by atoms with E-state index in [1.54, 1.807) is 0 Å². The summed E-state index contributed by atoms with van der Waals surface area (Å²) in [7, 11) is 0. The first-order valence-electron chi connectivity index (χ1n) is 5.88. The maximum atomic E-state index is 9.25.